The second-order valence-corrected chi connectivity index (χ2v) is 7.23. The molecule has 2 aromatic carbocycles. The van der Waals surface area contributed by atoms with Gasteiger partial charge in [-0.3, -0.25) is 4.98 Å². The number of hydrogen-bond donors (Lipinski definition) is 0. The molecule has 0 radical (unpaired) electrons. The quantitative estimate of drug-likeness (QED) is 0.376. The maximum Gasteiger partial charge on any atom is 0.319 e. The van der Waals surface area contributed by atoms with Crippen molar-refractivity contribution in [3.8, 4) is 40.2 Å². The Hall–Kier alpha value is -4.07. The number of aryl methyl sites for hydroxylation is 2. The van der Waals surface area contributed by atoms with Crippen LogP contribution in [-0.4, -0.2) is 40.8 Å². The summed E-state index contributed by atoms with van der Waals surface area (Å²) >= 11 is 0. The molecule has 0 aliphatic heterocycles. The van der Waals surface area contributed by atoms with Gasteiger partial charge in [-0.25, -0.2) is 14.4 Å². The van der Waals surface area contributed by atoms with Crippen molar-refractivity contribution in [2.24, 2.45) is 0 Å². The van der Waals surface area contributed by atoms with Crippen LogP contribution >= 0.6 is 0 Å². The predicted molar refractivity (Wildman–Crippen MR) is 129 cm³/mol. The van der Waals surface area contributed by atoms with Gasteiger partial charge in [-0.2, -0.15) is 4.98 Å². The minimum absolute atomic E-state index is 0.213. The zero-order valence-corrected chi connectivity index (χ0v) is 19.9. The molecule has 0 saturated heterocycles. The van der Waals surface area contributed by atoms with E-state index in [2.05, 4.69) is 32.9 Å². The van der Waals surface area contributed by atoms with E-state index in [0.29, 0.717) is 29.5 Å². The van der Waals surface area contributed by atoms with Gasteiger partial charge in [0.25, 0.3) is 0 Å². The van der Waals surface area contributed by atoms with Crippen LogP contribution in [0.15, 0.2) is 61.1 Å². The topological polar surface area (TPSA) is 79.3 Å². The molecule has 2 heterocycles. The highest BCUT2D eigenvalue weighted by Crippen LogP contribution is 2.31. The molecule has 8 heteroatoms. The zero-order chi connectivity index (χ0) is 24.5. The van der Waals surface area contributed by atoms with E-state index in [1.54, 1.807) is 24.7 Å². The predicted octanol–water partition coefficient (Wildman–Crippen LogP) is 5.46. The standard InChI is InChI=1S/C13H13FN2O2.C13H14N2O/c1-8-4-5-9(14)6-10(8)11-7-15-13(18-3)16-12(11)17-2;1-3-16-13-9-14-8-12(15-13)11-7-5-4-6-10(11)2/h4-7H,1-3H3;4-9H,3H2,1-2H3. The third-order valence-electron chi connectivity index (χ3n) is 4.92. The highest BCUT2D eigenvalue weighted by Gasteiger charge is 2.13. The van der Waals surface area contributed by atoms with Crippen LogP contribution < -0.4 is 14.2 Å². The molecule has 0 amide bonds. The Morgan fingerprint density at radius 2 is 1.59 bits per heavy atom. The first-order valence-corrected chi connectivity index (χ1v) is 10.7. The van der Waals surface area contributed by atoms with Crippen LogP contribution in [0.4, 0.5) is 4.39 Å². The van der Waals surface area contributed by atoms with Crippen molar-refractivity contribution >= 4 is 0 Å². The number of rotatable bonds is 6. The molecular formula is C26H27FN4O3. The Morgan fingerprint density at radius 3 is 2.29 bits per heavy atom. The van der Waals surface area contributed by atoms with Crippen LogP contribution in [-0.2, 0) is 0 Å². The van der Waals surface area contributed by atoms with Gasteiger partial charge in [-0.1, -0.05) is 30.3 Å². The Bertz CT molecular complexity index is 1250. The van der Waals surface area contributed by atoms with E-state index in [1.807, 2.05) is 32.0 Å². The van der Waals surface area contributed by atoms with Crippen LogP contribution in [0.25, 0.3) is 22.4 Å². The van der Waals surface area contributed by atoms with Crippen molar-refractivity contribution in [3.63, 3.8) is 0 Å². The lowest BCUT2D eigenvalue weighted by Gasteiger charge is -2.10. The van der Waals surface area contributed by atoms with Gasteiger partial charge >= 0.3 is 6.01 Å². The highest BCUT2D eigenvalue weighted by molar-refractivity contribution is 5.71. The van der Waals surface area contributed by atoms with Gasteiger partial charge in [0.15, 0.2) is 0 Å². The molecule has 0 aliphatic carbocycles. The van der Waals surface area contributed by atoms with Gasteiger partial charge in [-0.15, -0.1) is 0 Å². The minimum Gasteiger partial charge on any atom is -0.480 e. The van der Waals surface area contributed by atoms with Crippen LogP contribution in [0.3, 0.4) is 0 Å². The molecule has 0 aliphatic rings. The van der Waals surface area contributed by atoms with Gasteiger partial charge in [0, 0.05) is 11.8 Å². The first-order valence-electron chi connectivity index (χ1n) is 10.7. The number of nitrogens with zero attached hydrogens (tertiary/aromatic N) is 4. The number of ether oxygens (including phenoxy) is 3. The monoisotopic (exact) mass is 462 g/mol. The first kappa shape index (κ1) is 24.6. The molecular weight excluding hydrogens is 435 g/mol. The molecule has 0 unspecified atom stereocenters. The SMILES string of the molecule is CCOc1cncc(-c2ccccc2C)n1.COc1ncc(-c2cc(F)ccc2C)c(OC)n1. The second kappa shape index (κ2) is 11.7. The Balaban J connectivity index is 0.000000192. The van der Waals surface area contributed by atoms with Crippen molar-refractivity contribution < 1.29 is 18.6 Å². The number of hydrogen-bond acceptors (Lipinski definition) is 7. The van der Waals surface area contributed by atoms with Crippen molar-refractivity contribution in [1.82, 2.24) is 19.9 Å². The summed E-state index contributed by atoms with van der Waals surface area (Å²) in [4.78, 5) is 16.6. The molecule has 4 aromatic rings. The van der Waals surface area contributed by atoms with E-state index >= 15 is 0 Å². The van der Waals surface area contributed by atoms with Crippen LogP contribution in [0.5, 0.6) is 17.8 Å². The van der Waals surface area contributed by atoms with E-state index in [1.165, 1.54) is 31.9 Å². The molecule has 0 atom stereocenters. The molecule has 0 bridgehead atoms. The second-order valence-electron chi connectivity index (χ2n) is 7.23. The molecule has 7 nitrogen and oxygen atoms in total. The number of methoxy groups -OCH3 is 2. The minimum atomic E-state index is -0.312. The fraction of sp³-hybridized carbons (Fsp3) is 0.231. The van der Waals surface area contributed by atoms with E-state index in [0.717, 1.165) is 16.8 Å². The average molecular weight is 463 g/mol. The smallest absolute Gasteiger partial charge is 0.319 e. The lowest BCUT2D eigenvalue weighted by Crippen LogP contribution is -1.98. The van der Waals surface area contributed by atoms with E-state index in [-0.39, 0.29) is 11.8 Å². The summed E-state index contributed by atoms with van der Waals surface area (Å²) in [7, 11) is 2.97. The Labute approximate surface area is 198 Å². The summed E-state index contributed by atoms with van der Waals surface area (Å²) < 4.78 is 28.8. The molecule has 4 rings (SSSR count). The highest BCUT2D eigenvalue weighted by atomic mass is 19.1. The summed E-state index contributed by atoms with van der Waals surface area (Å²) in [5, 5.41) is 0. The van der Waals surface area contributed by atoms with Gasteiger partial charge in [0.2, 0.25) is 11.8 Å². The molecule has 0 N–H and O–H groups in total. The zero-order valence-electron chi connectivity index (χ0n) is 19.9. The first-order chi connectivity index (χ1) is 16.5. The summed E-state index contributed by atoms with van der Waals surface area (Å²) in [5.41, 5.74) is 5.39. The van der Waals surface area contributed by atoms with Crippen LogP contribution in [0.1, 0.15) is 18.1 Å². The molecule has 34 heavy (non-hydrogen) atoms. The largest absolute Gasteiger partial charge is 0.480 e. The lowest BCUT2D eigenvalue weighted by molar-refractivity contribution is 0.325. The van der Waals surface area contributed by atoms with E-state index in [9.17, 15) is 4.39 Å². The summed E-state index contributed by atoms with van der Waals surface area (Å²) in [6.07, 6.45) is 4.95. The summed E-state index contributed by atoms with van der Waals surface area (Å²) in [6.45, 7) is 6.48. The molecule has 0 fully saturated rings. The van der Waals surface area contributed by atoms with Crippen molar-refractivity contribution in [1.29, 1.82) is 0 Å². The molecule has 2 aromatic heterocycles. The van der Waals surface area contributed by atoms with Crippen LogP contribution in [0.2, 0.25) is 0 Å². The van der Waals surface area contributed by atoms with Crippen molar-refractivity contribution in [3.05, 3.63) is 78.0 Å². The lowest BCUT2D eigenvalue weighted by atomic mass is 10.0. The van der Waals surface area contributed by atoms with E-state index < -0.39 is 0 Å². The third-order valence-corrected chi connectivity index (χ3v) is 4.92. The number of halogens is 1. The normalized spacial score (nSPS) is 10.2. The fourth-order valence-corrected chi connectivity index (χ4v) is 3.23. The Kier molecular flexibility index (Phi) is 8.45. The number of benzene rings is 2. The maximum absolute atomic E-state index is 13.3. The number of aromatic nitrogens is 4. The van der Waals surface area contributed by atoms with E-state index in [4.69, 9.17) is 14.2 Å². The fourth-order valence-electron chi connectivity index (χ4n) is 3.23. The van der Waals surface area contributed by atoms with Crippen molar-refractivity contribution in [2.45, 2.75) is 20.8 Å². The van der Waals surface area contributed by atoms with Crippen LogP contribution in [0, 0.1) is 19.7 Å². The van der Waals surface area contributed by atoms with Gasteiger partial charge < -0.3 is 14.2 Å². The van der Waals surface area contributed by atoms with Crippen molar-refractivity contribution in [2.75, 3.05) is 20.8 Å². The average Bonchev–Trinajstić information content (AvgIpc) is 2.86. The molecule has 176 valence electrons. The molecule has 0 saturated carbocycles. The third kappa shape index (κ3) is 6.04. The Morgan fingerprint density at radius 1 is 0.824 bits per heavy atom. The maximum atomic E-state index is 13.3. The van der Waals surface area contributed by atoms with Gasteiger partial charge in [-0.05, 0) is 49.6 Å². The van der Waals surface area contributed by atoms with Gasteiger partial charge in [0.05, 0.1) is 44.5 Å². The summed E-state index contributed by atoms with van der Waals surface area (Å²) in [6, 6.07) is 12.9. The van der Waals surface area contributed by atoms with Gasteiger partial charge in [0.1, 0.15) is 5.82 Å². The summed E-state index contributed by atoms with van der Waals surface area (Å²) in [5.74, 6) is 0.618. The molecule has 0 spiro atoms.